The largest absolute Gasteiger partial charge is 0.390 e. The molecule has 0 radical (unpaired) electrons. The fourth-order valence-electron chi connectivity index (χ4n) is 2.06. The van der Waals surface area contributed by atoms with Crippen molar-refractivity contribution < 1.29 is 18.3 Å². The van der Waals surface area contributed by atoms with E-state index in [-0.39, 0.29) is 4.90 Å². The summed E-state index contributed by atoms with van der Waals surface area (Å²) in [7, 11) is -3.66. The Morgan fingerprint density at radius 2 is 1.78 bits per heavy atom. The van der Waals surface area contributed by atoms with E-state index in [1.54, 1.807) is 18.2 Å². The first kappa shape index (κ1) is 13.0. The molecular weight excluding hydrogens is 254 g/mol. The van der Waals surface area contributed by atoms with E-state index in [1.807, 2.05) is 0 Å². The first-order valence-electron chi connectivity index (χ1n) is 5.56. The van der Waals surface area contributed by atoms with E-state index in [4.69, 9.17) is 0 Å². The molecule has 0 spiro atoms. The lowest BCUT2D eigenvalue weighted by molar-refractivity contribution is -0.143. The zero-order chi connectivity index (χ0) is 13.6. The SMILES string of the molecule is CC(C)(O)C1C(=O)NC1S(=O)(=O)c1ccccc1. The van der Waals surface area contributed by atoms with E-state index >= 15 is 0 Å². The minimum atomic E-state index is -3.66. The summed E-state index contributed by atoms with van der Waals surface area (Å²) >= 11 is 0. The molecule has 1 aliphatic heterocycles. The van der Waals surface area contributed by atoms with E-state index in [1.165, 1.54) is 26.0 Å². The molecule has 2 rings (SSSR count). The highest BCUT2D eigenvalue weighted by atomic mass is 32.2. The second kappa shape index (κ2) is 4.07. The average Bonchev–Trinajstić information content (AvgIpc) is 2.24. The molecule has 2 atom stereocenters. The summed E-state index contributed by atoms with van der Waals surface area (Å²) in [5.41, 5.74) is -1.37. The lowest BCUT2D eigenvalue weighted by Crippen LogP contribution is -2.68. The van der Waals surface area contributed by atoms with Gasteiger partial charge in [0.25, 0.3) is 0 Å². The molecular formula is C12H15NO4S. The molecule has 1 fully saturated rings. The van der Waals surface area contributed by atoms with Crippen molar-refractivity contribution in [1.29, 1.82) is 0 Å². The molecule has 0 bridgehead atoms. The van der Waals surface area contributed by atoms with E-state index in [0.29, 0.717) is 0 Å². The Labute approximate surface area is 106 Å². The van der Waals surface area contributed by atoms with Gasteiger partial charge in [-0.3, -0.25) is 4.79 Å². The molecule has 18 heavy (non-hydrogen) atoms. The zero-order valence-corrected chi connectivity index (χ0v) is 10.9. The number of β-lactam (4-membered cyclic amide) rings is 1. The summed E-state index contributed by atoms with van der Waals surface area (Å²) in [5, 5.41) is 11.2. The van der Waals surface area contributed by atoms with Crippen LogP contribution in [-0.4, -0.2) is 30.4 Å². The van der Waals surface area contributed by atoms with Crippen molar-refractivity contribution in [2.24, 2.45) is 5.92 Å². The van der Waals surface area contributed by atoms with Gasteiger partial charge >= 0.3 is 0 Å². The highest BCUT2D eigenvalue weighted by Crippen LogP contribution is 2.33. The van der Waals surface area contributed by atoms with Crippen LogP contribution in [0.15, 0.2) is 35.2 Å². The molecule has 2 unspecified atom stereocenters. The van der Waals surface area contributed by atoms with Gasteiger partial charge in [0.2, 0.25) is 5.91 Å². The van der Waals surface area contributed by atoms with Gasteiger partial charge in [-0.25, -0.2) is 8.42 Å². The monoisotopic (exact) mass is 269 g/mol. The molecule has 0 aromatic heterocycles. The number of rotatable bonds is 3. The van der Waals surface area contributed by atoms with Crippen LogP contribution in [0.5, 0.6) is 0 Å². The first-order valence-corrected chi connectivity index (χ1v) is 7.11. The standard InChI is InChI=1S/C12H15NO4S/c1-12(2,15)9-10(14)13-11(9)18(16,17)8-6-4-3-5-7-8/h3-7,9,11,15H,1-2H3,(H,13,14). The van der Waals surface area contributed by atoms with Gasteiger partial charge in [-0.2, -0.15) is 0 Å². The Morgan fingerprint density at radius 1 is 1.22 bits per heavy atom. The molecule has 1 saturated heterocycles. The molecule has 0 saturated carbocycles. The second-order valence-corrected chi connectivity index (χ2v) is 6.99. The summed E-state index contributed by atoms with van der Waals surface area (Å²) in [6.45, 7) is 2.87. The molecule has 5 nitrogen and oxygen atoms in total. The molecule has 1 heterocycles. The van der Waals surface area contributed by atoms with E-state index < -0.39 is 32.6 Å². The number of hydrogen-bond donors (Lipinski definition) is 2. The quantitative estimate of drug-likeness (QED) is 0.773. The van der Waals surface area contributed by atoms with Crippen LogP contribution in [0, 0.1) is 5.92 Å². The number of hydrogen-bond acceptors (Lipinski definition) is 4. The van der Waals surface area contributed by atoms with Crippen molar-refractivity contribution in [3.05, 3.63) is 30.3 Å². The Hall–Kier alpha value is -1.40. The van der Waals surface area contributed by atoms with Crippen LogP contribution in [0.4, 0.5) is 0 Å². The maximum absolute atomic E-state index is 12.3. The molecule has 1 amide bonds. The normalized spacial score (nSPS) is 24.3. The minimum Gasteiger partial charge on any atom is -0.390 e. The van der Waals surface area contributed by atoms with Crippen LogP contribution in [0.25, 0.3) is 0 Å². The molecule has 2 N–H and O–H groups in total. The van der Waals surface area contributed by atoms with Crippen molar-refractivity contribution in [3.8, 4) is 0 Å². The predicted molar refractivity (Wildman–Crippen MR) is 65.3 cm³/mol. The second-order valence-electron chi connectivity index (χ2n) is 4.92. The maximum Gasteiger partial charge on any atom is 0.230 e. The number of amides is 1. The Morgan fingerprint density at radius 3 is 2.22 bits per heavy atom. The third-order valence-corrected chi connectivity index (χ3v) is 5.02. The summed E-state index contributed by atoms with van der Waals surface area (Å²) < 4.78 is 24.6. The molecule has 6 heteroatoms. The number of benzene rings is 1. The van der Waals surface area contributed by atoms with Crippen molar-refractivity contribution in [2.45, 2.75) is 29.7 Å². The van der Waals surface area contributed by atoms with Crippen molar-refractivity contribution >= 4 is 15.7 Å². The predicted octanol–water partition coefficient (Wildman–Crippen LogP) is 0.303. The molecule has 1 aromatic carbocycles. The van der Waals surface area contributed by atoms with Gasteiger partial charge in [-0.1, -0.05) is 18.2 Å². The van der Waals surface area contributed by atoms with Gasteiger partial charge in [0, 0.05) is 0 Å². The van der Waals surface area contributed by atoms with Crippen molar-refractivity contribution in [1.82, 2.24) is 5.32 Å². The van der Waals surface area contributed by atoms with Gasteiger partial charge in [-0.05, 0) is 26.0 Å². The lowest BCUT2D eigenvalue weighted by Gasteiger charge is -2.42. The van der Waals surface area contributed by atoms with E-state index in [9.17, 15) is 18.3 Å². The van der Waals surface area contributed by atoms with Crippen molar-refractivity contribution in [3.63, 3.8) is 0 Å². The topological polar surface area (TPSA) is 83.5 Å². The molecule has 1 aromatic rings. The fourth-order valence-corrected chi connectivity index (χ4v) is 3.98. The van der Waals surface area contributed by atoms with Crippen LogP contribution < -0.4 is 5.32 Å². The summed E-state index contributed by atoms with van der Waals surface area (Å²) in [4.78, 5) is 11.6. The lowest BCUT2D eigenvalue weighted by atomic mass is 9.85. The molecule has 1 aliphatic rings. The van der Waals surface area contributed by atoms with Crippen LogP contribution in [-0.2, 0) is 14.6 Å². The van der Waals surface area contributed by atoms with E-state index in [0.717, 1.165) is 0 Å². The molecule has 0 aliphatic carbocycles. The highest BCUT2D eigenvalue weighted by molar-refractivity contribution is 7.92. The van der Waals surface area contributed by atoms with Gasteiger partial charge in [0.1, 0.15) is 5.92 Å². The fraction of sp³-hybridized carbons (Fsp3) is 0.417. The Kier molecular flexibility index (Phi) is 2.95. The third kappa shape index (κ3) is 2.02. The molecule has 98 valence electrons. The highest BCUT2D eigenvalue weighted by Gasteiger charge is 2.54. The number of sulfone groups is 1. The summed E-state index contributed by atoms with van der Waals surface area (Å²) in [5.74, 6) is -1.38. The van der Waals surface area contributed by atoms with Crippen molar-refractivity contribution in [2.75, 3.05) is 0 Å². The Balaban J connectivity index is 2.36. The maximum atomic E-state index is 12.3. The first-order chi connectivity index (χ1) is 8.24. The van der Waals surface area contributed by atoms with Crippen LogP contribution in [0.2, 0.25) is 0 Å². The van der Waals surface area contributed by atoms with E-state index in [2.05, 4.69) is 5.32 Å². The van der Waals surface area contributed by atoms with Crippen LogP contribution in [0.3, 0.4) is 0 Å². The number of carbonyl (C=O) groups is 1. The average molecular weight is 269 g/mol. The summed E-state index contributed by atoms with van der Waals surface area (Å²) in [6, 6.07) is 7.90. The van der Waals surface area contributed by atoms with Gasteiger partial charge in [0.15, 0.2) is 15.2 Å². The number of carbonyl (C=O) groups excluding carboxylic acids is 1. The minimum absolute atomic E-state index is 0.143. The Bertz CT molecular complexity index is 559. The van der Waals surface area contributed by atoms with Crippen LogP contribution in [0.1, 0.15) is 13.8 Å². The zero-order valence-electron chi connectivity index (χ0n) is 10.1. The smallest absolute Gasteiger partial charge is 0.230 e. The van der Waals surface area contributed by atoms with Gasteiger partial charge in [0.05, 0.1) is 10.5 Å². The summed E-state index contributed by atoms with van der Waals surface area (Å²) in [6.07, 6.45) is 0. The van der Waals surface area contributed by atoms with Crippen LogP contribution >= 0.6 is 0 Å². The van der Waals surface area contributed by atoms with Gasteiger partial charge < -0.3 is 10.4 Å². The number of nitrogens with one attached hydrogen (secondary N) is 1. The van der Waals surface area contributed by atoms with Gasteiger partial charge in [-0.15, -0.1) is 0 Å². The number of aliphatic hydroxyl groups is 1. The third-order valence-electron chi connectivity index (χ3n) is 3.04.